The topological polar surface area (TPSA) is 55.8 Å². The predicted octanol–water partition coefficient (Wildman–Crippen LogP) is 3.70. The van der Waals surface area contributed by atoms with Gasteiger partial charge in [-0.05, 0) is 48.0 Å². The molecule has 6 heteroatoms. The Labute approximate surface area is 133 Å². The van der Waals surface area contributed by atoms with Gasteiger partial charge < -0.3 is 9.47 Å². The molecule has 0 radical (unpaired) electrons. The third-order valence-corrected chi connectivity index (χ3v) is 2.99. The van der Waals surface area contributed by atoms with E-state index in [0.717, 1.165) is 4.90 Å². The maximum absolute atomic E-state index is 14.0. The van der Waals surface area contributed by atoms with Gasteiger partial charge in [-0.2, -0.15) is 0 Å². The number of rotatable bonds is 6. The Bertz CT molecular complexity index is 385. The molecular formula is C16H30FNO4. The molecule has 5 nitrogen and oxygen atoms in total. The molecule has 0 aromatic carbocycles. The number of amides is 1. The largest absolute Gasteiger partial charge is 0.461 e. The molecule has 0 aromatic heterocycles. The number of likely N-dealkylation sites (N-methyl/N-ethyl adjacent to an activating group) is 1. The van der Waals surface area contributed by atoms with Crippen LogP contribution in [0.3, 0.4) is 0 Å². The van der Waals surface area contributed by atoms with E-state index < -0.39 is 29.4 Å². The number of alkyl halides is 1. The zero-order valence-electron chi connectivity index (χ0n) is 15.0. The molecule has 0 aliphatic rings. The number of nitrogens with zero attached hydrogens (tertiary/aromatic N) is 1. The smallest absolute Gasteiger partial charge is 0.410 e. The van der Waals surface area contributed by atoms with Crippen LogP contribution in [0.25, 0.3) is 0 Å². The number of esters is 1. The van der Waals surface area contributed by atoms with Crippen LogP contribution in [0.5, 0.6) is 0 Å². The van der Waals surface area contributed by atoms with Crippen molar-refractivity contribution in [1.82, 2.24) is 4.90 Å². The van der Waals surface area contributed by atoms with Crippen LogP contribution < -0.4 is 0 Å². The van der Waals surface area contributed by atoms with Crippen molar-refractivity contribution in [3.05, 3.63) is 0 Å². The summed E-state index contributed by atoms with van der Waals surface area (Å²) in [5, 5.41) is 0. The maximum Gasteiger partial charge on any atom is 0.410 e. The van der Waals surface area contributed by atoms with E-state index in [4.69, 9.17) is 9.47 Å². The van der Waals surface area contributed by atoms with Crippen molar-refractivity contribution < 1.29 is 23.5 Å². The minimum absolute atomic E-state index is 0.155. The normalized spacial score (nSPS) is 15.0. The minimum atomic E-state index is -1.62. The van der Waals surface area contributed by atoms with E-state index in [1.54, 1.807) is 27.7 Å². The Morgan fingerprint density at radius 1 is 1.18 bits per heavy atom. The Morgan fingerprint density at radius 2 is 1.68 bits per heavy atom. The molecule has 0 aliphatic heterocycles. The third-order valence-electron chi connectivity index (χ3n) is 2.99. The van der Waals surface area contributed by atoms with E-state index >= 15 is 0 Å². The van der Waals surface area contributed by atoms with Gasteiger partial charge in [-0.1, -0.05) is 6.92 Å². The van der Waals surface area contributed by atoms with Crippen LogP contribution in [0.15, 0.2) is 0 Å². The molecule has 1 unspecified atom stereocenters. The Kier molecular flexibility index (Phi) is 7.32. The quantitative estimate of drug-likeness (QED) is 0.700. The first-order valence-electron chi connectivity index (χ1n) is 7.62. The van der Waals surface area contributed by atoms with Crippen molar-refractivity contribution in [2.75, 3.05) is 7.05 Å². The average molecular weight is 319 g/mol. The highest BCUT2D eigenvalue weighted by Gasteiger charge is 2.36. The molecule has 0 bridgehead atoms. The molecule has 0 N–H and O–H groups in total. The first kappa shape index (κ1) is 20.7. The number of carbonyl (C=O) groups is 2. The van der Waals surface area contributed by atoms with E-state index in [0.29, 0.717) is 6.42 Å². The third kappa shape index (κ3) is 8.20. The summed E-state index contributed by atoms with van der Waals surface area (Å²) < 4.78 is 24.5. The van der Waals surface area contributed by atoms with Crippen LogP contribution >= 0.6 is 0 Å². The second kappa shape index (κ2) is 7.79. The van der Waals surface area contributed by atoms with E-state index in [1.807, 2.05) is 6.92 Å². The first-order valence-corrected chi connectivity index (χ1v) is 7.62. The van der Waals surface area contributed by atoms with Gasteiger partial charge in [0.05, 0.1) is 6.10 Å². The lowest BCUT2D eigenvalue weighted by Gasteiger charge is -2.32. The van der Waals surface area contributed by atoms with E-state index in [-0.39, 0.29) is 12.5 Å². The van der Waals surface area contributed by atoms with Crippen molar-refractivity contribution in [3.63, 3.8) is 0 Å². The summed E-state index contributed by atoms with van der Waals surface area (Å²) in [7, 11) is 1.42. The molecular weight excluding hydrogens is 289 g/mol. The highest BCUT2D eigenvalue weighted by Crippen LogP contribution is 2.22. The fraction of sp³-hybridized carbons (Fsp3) is 0.875. The second-order valence-electron chi connectivity index (χ2n) is 7.19. The molecule has 0 spiro atoms. The summed E-state index contributed by atoms with van der Waals surface area (Å²) in [5.74, 6) is -0.617. The van der Waals surface area contributed by atoms with Crippen LogP contribution in [0.2, 0.25) is 0 Å². The summed E-state index contributed by atoms with van der Waals surface area (Å²) >= 11 is 0. The zero-order valence-corrected chi connectivity index (χ0v) is 15.0. The van der Waals surface area contributed by atoms with Crippen molar-refractivity contribution in [2.24, 2.45) is 0 Å². The van der Waals surface area contributed by atoms with Gasteiger partial charge in [0.25, 0.3) is 0 Å². The van der Waals surface area contributed by atoms with Crippen molar-refractivity contribution in [2.45, 2.75) is 84.7 Å². The number of ether oxygens (including phenoxy) is 2. The number of hydrogen-bond acceptors (Lipinski definition) is 4. The molecule has 0 rings (SSSR count). The molecule has 0 saturated carbocycles. The van der Waals surface area contributed by atoms with Gasteiger partial charge in [0.1, 0.15) is 17.3 Å². The van der Waals surface area contributed by atoms with Crippen LogP contribution in [0.1, 0.15) is 61.3 Å². The monoisotopic (exact) mass is 319 g/mol. The van der Waals surface area contributed by atoms with Crippen LogP contribution in [-0.2, 0) is 14.3 Å². The Morgan fingerprint density at radius 3 is 2.05 bits per heavy atom. The molecule has 0 aliphatic carbocycles. The lowest BCUT2D eigenvalue weighted by Crippen LogP contribution is -2.48. The summed E-state index contributed by atoms with van der Waals surface area (Å²) in [6.45, 7) is 11.5. The Hall–Kier alpha value is -1.33. The number of carbonyl (C=O) groups excluding carboxylic acids is 2. The first-order chi connectivity index (χ1) is 9.76. The van der Waals surface area contributed by atoms with Gasteiger partial charge in [-0.3, -0.25) is 4.90 Å². The molecule has 1 amide bonds. The second-order valence-corrected chi connectivity index (χ2v) is 7.19. The lowest BCUT2D eigenvalue weighted by molar-refractivity contribution is -0.155. The molecule has 0 aromatic rings. The van der Waals surface area contributed by atoms with Crippen LogP contribution in [-0.4, -0.2) is 47.4 Å². The van der Waals surface area contributed by atoms with Crippen molar-refractivity contribution >= 4 is 12.1 Å². The van der Waals surface area contributed by atoms with Crippen molar-refractivity contribution in [1.29, 1.82) is 0 Å². The van der Waals surface area contributed by atoms with Gasteiger partial charge in [-0.15, -0.1) is 0 Å². The van der Waals surface area contributed by atoms with Gasteiger partial charge in [0, 0.05) is 13.5 Å². The summed E-state index contributed by atoms with van der Waals surface area (Å²) in [5.41, 5.74) is -2.31. The maximum atomic E-state index is 14.0. The van der Waals surface area contributed by atoms with E-state index in [9.17, 15) is 14.0 Å². The lowest BCUT2D eigenvalue weighted by atomic mass is 10.00. The van der Waals surface area contributed by atoms with Gasteiger partial charge in [0.2, 0.25) is 0 Å². The van der Waals surface area contributed by atoms with E-state index in [2.05, 4.69) is 0 Å². The summed E-state index contributed by atoms with van der Waals surface area (Å²) in [4.78, 5) is 25.5. The van der Waals surface area contributed by atoms with E-state index in [1.165, 1.54) is 20.9 Å². The van der Waals surface area contributed by atoms with Crippen LogP contribution in [0, 0.1) is 0 Å². The molecule has 22 heavy (non-hydrogen) atoms. The molecule has 130 valence electrons. The molecule has 0 fully saturated rings. The standard InChI is InChI=1S/C16H30FNO4/c1-9-11(2)21-13(19)12(10-16(6,7)17)18(8)14(20)22-15(3,4)5/h11-12H,9-10H2,1-8H3/t11?,12-/m0/s1. The zero-order chi connectivity index (χ0) is 17.7. The highest BCUT2D eigenvalue weighted by atomic mass is 19.1. The van der Waals surface area contributed by atoms with Gasteiger partial charge >= 0.3 is 12.1 Å². The fourth-order valence-corrected chi connectivity index (χ4v) is 1.66. The van der Waals surface area contributed by atoms with Crippen LogP contribution in [0.4, 0.5) is 9.18 Å². The molecule has 0 saturated heterocycles. The minimum Gasteiger partial charge on any atom is -0.461 e. The SMILES string of the molecule is CCC(C)OC(=O)[C@H](CC(C)(C)F)N(C)C(=O)OC(C)(C)C. The molecule has 2 atom stereocenters. The number of hydrogen-bond donors (Lipinski definition) is 0. The van der Waals surface area contributed by atoms with Crippen molar-refractivity contribution in [3.8, 4) is 0 Å². The average Bonchev–Trinajstić information content (AvgIpc) is 2.31. The summed E-state index contributed by atoms with van der Waals surface area (Å²) in [6.07, 6.45) is -0.473. The van der Waals surface area contributed by atoms with Gasteiger partial charge in [0.15, 0.2) is 0 Å². The number of halogens is 1. The van der Waals surface area contributed by atoms with Gasteiger partial charge in [-0.25, -0.2) is 14.0 Å². The Balaban J connectivity index is 5.14. The molecule has 0 heterocycles. The fourth-order valence-electron chi connectivity index (χ4n) is 1.66. The highest BCUT2D eigenvalue weighted by molar-refractivity contribution is 5.81. The predicted molar refractivity (Wildman–Crippen MR) is 83.4 cm³/mol. The summed E-state index contributed by atoms with van der Waals surface area (Å²) in [6, 6.07) is -1.02.